The molecule has 1 atom stereocenters. The van der Waals surface area contributed by atoms with Gasteiger partial charge in [0.05, 0.1) is 6.61 Å². The summed E-state index contributed by atoms with van der Waals surface area (Å²) in [6.07, 6.45) is 1.14. The van der Waals surface area contributed by atoms with Crippen molar-refractivity contribution in [2.45, 2.75) is 32.8 Å². The average Bonchev–Trinajstić information content (AvgIpc) is 2.28. The summed E-state index contributed by atoms with van der Waals surface area (Å²) < 4.78 is 10.6. The number of esters is 1. The highest BCUT2D eigenvalue weighted by atomic mass is 16.6. The molecule has 3 heteroatoms. The Balaban J connectivity index is 2.13. The maximum Gasteiger partial charge on any atom is 0.347 e. The lowest BCUT2D eigenvalue weighted by Crippen LogP contribution is -2.32. The first-order valence-corrected chi connectivity index (χ1v) is 5.63. The van der Waals surface area contributed by atoms with Gasteiger partial charge in [-0.05, 0) is 43.9 Å². The van der Waals surface area contributed by atoms with Crippen LogP contribution in [0.3, 0.4) is 0 Å². The molecule has 1 unspecified atom stereocenters. The number of ether oxygens (including phenoxy) is 2. The number of fused-ring (bicyclic) bond motifs is 1. The zero-order valence-corrected chi connectivity index (χ0v) is 9.66. The van der Waals surface area contributed by atoms with E-state index in [1.54, 1.807) is 6.92 Å². The van der Waals surface area contributed by atoms with Crippen molar-refractivity contribution >= 4 is 5.97 Å². The average molecular weight is 220 g/mol. The molecule has 16 heavy (non-hydrogen) atoms. The topological polar surface area (TPSA) is 35.5 Å². The Kier molecular flexibility index (Phi) is 3.13. The fourth-order valence-corrected chi connectivity index (χ4v) is 1.88. The predicted octanol–water partition coefficient (Wildman–Crippen LogP) is 2.25. The molecule has 1 aliphatic rings. The van der Waals surface area contributed by atoms with E-state index in [-0.39, 0.29) is 5.97 Å². The summed E-state index contributed by atoms with van der Waals surface area (Å²) in [6, 6.07) is 6.10. The molecule has 1 aromatic carbocycles. The van der Waals surface area contributed by atoms with Gasteiger partial charge in [-0.2, -0.15) is 0 Å². The minimum atomic E-state index is -0.436. The van der Waals surface area contributed by atoms with Gasteiger partial charge in [0, 0.05) is 0 Å². The van der Waals surface area contributed by atoms with Gasteiger partial charge in [-0.15, -0.1) is 0 Å². The van der Waals surface area contributed by atoms with Gasteiger partial charge in [-0.25, -0.2) is 4.79 Å². The molecule has 0 fully saturated rings. The van der Waals surface area contributed by atoms with Crippen LogP contribution in [-0.2, 0) is 16.0 Å². The minimum Gasteiger partial charge on any atom is -0.478 e. The maximum absolute atomic E-state index is 11.5. The Hall–Kier alpha value is -1.51. The maximum atomic E-state index is 11.5. The second-order valence-electron chi connectivity index (χ2n) is 4.01. The van der Waals surface area contributed by atoms with E-state index in [1.807, 2.05) is 13.0 Å². The van der Waals surface area contributed by atoms with E-state index >= 15 is 0 Å². The fraction of sp³-hybridized carbons (Fsp3) is 0.462. The van der Waals surface area contributed by atoms with Crippen molar-refractivity contribution in [1.29, 1.82) is 0 Å². The molecule has 86 valence electrons. The number of hydrogen-bond donors (Lipinski definition) is 0. The molecule has 0 bridgehead atoms. The van der Waals surface area contributed by atoms with Gasteiger partial charge in [-0.3, -0.25) is 0 Å². The highest BCUT2D eigenvalue weighted by molar-refractivity contribution is 5.75. The summed E-state index contributed by atoms with van der Waals surface area (Å²) in [5.74, 6) is 0.568. The number of aryl methyl sites for hydroxylation is 2. The van der Waals surface area contributed by atoms with Gasteiger partial charge < -0.3 is 9.47 Å². The molecule has 0 radical (unpaired) electrons. The molecule has 0 amide bonds. The summed E-state index contributed by atoms with van der Waals surface area (Å²) in [7, 11) is 0. The van der Waals surface area contributed by atoms with E-state index in [2.05, 4.69) is 12.1 Å². The molecule has 3 nitrogen and oxygen atoms in total. The molecular formula is C13H16O3. The quantitative estimate of drug-likeness (QED) is 0.717. The summed E-state index contributed by atoms with van der Waals surface area (Å²) in [5.41, 5.74) is 2.31. The fourth-order valence-electron chi connectivity index (χ4n) is 1.88. The second-order valence-corrected chi connectivity index (χ2v) is 4.01. The standard InChI is InChI=1S/C13H16O3/c1-3-15-13(14)11-7-6-10-5-4-9(2)8-12(10)16-11/h4-5,8,11H,3,6-7H2,1-2H3. The number of benzene rings is 1. The third-order valence-electron chi connectivity index (χ3n) is 2.72. The first-order valence-electron chi connectivity index (χ1n) is 5.63. The molecule has 2 rings (SSSR count). The third-order valence-corrected chi connectivity index (χ3v) is 2.72. The van der Waals surface area contributed by atoms with Crippen LogP contribution in [-0.4, -0.2) is 18.7 Å². The number of rotatable bonds is 2. The van der Waals surface area contributed by atoms with E-state index in [9.17, 15) is 4.79 Å². The van der Waals surface area contributed by atoms with Gasteiger partial charge in [0.2, 0.25) is 0 Å². The Morgan fingerprint density at radius 1 is 1.56 bits per heavy atom. The van der Waals surface area contributed by atoms with Crippen LogP contribution in [0.15, 0.2) is 18.2 Å². The summed E-state index contributed by atoms with van der Waals surface area (Å²) >= 11 is 0. The SMILES string of the molecule is CCOC(=O)C1CCc2ccc(C)cc2O1. The Morgan fingerprint density at radius 2 is 2.38 bits per heavy atom. The van der Waals surface area contributed by atoms with E-state index < -0.39 is 6.10 Å². The van der Waals surface area contributed by atoms with E-state index in [0.29, 0.717) is 13.0 Å². The highest BCUT2D eigenvalue weighted by Gasteiger charge is 2.26. The number of hydrogen-bond acceptors (Lipinski definition) is 3. The van der Waals surface area contributed by atoms with Crippen LogP contribution in [0.25, 0.3) is 0 Å². The van der Waals surface area contributed by atoms with Crippen LogP contribution < -0.4 is 4.74 Å². The van der Waals surface area contributed by atoms with Crippen molar-refractivity contribution in [3.63, 3.8) is 0 Å². The molecule has 1 aliphatic heterocycles. The monoisotopic (exact) mass is 220 g/mol. The summed E-state index contributed by atoms with van der Waals surface area (Å²) in [4.78, 5) is 11.5. The summed E-state index contributed by atoms with van der Waals surface area (Å²) in [5, 5.41) is 0. The van der Waals surface area contributed by atoms with Crippen LogP contribution in [0, 0.1) is 6.92 Å². The molecule has 0 aromatic heterocycles. The molecule has 0 saturated heterocycles. The van der Waals surface area contributed by atoms with Crippen molar-refractivity contribution in [1.82, 2.24) is 0 Å². The lowest BCUT2D eigenvalue weighted by atomic mass is 10.0. The summed E-state index contributed by atoms with van der Waals surface area (Å²) in [6.45, 7) is 4.22. The van der Waals surface area contributed by atoms with E-state index in [4.69, 9.17) is 9.47 Å². The van der Waals surface area contributed by atoms with Gasteiger partial charge >= 0.3 is 5.97 Å². The molecule has 0 aliphatic carbocycles. The van der Waals surface area contributed by atoms with Gasteiger partial charge in [0.1, 0.15) is 5.75 Å². The third kappa shape index (κ3) is 2.18. The molecule has 0 N–H and O–H groups in total. The number of carbonyl (C=O) groups is 1. The molecule has 0 spiro atoms. The molecule has 1 aromatic rings. The zero-order valence-electron chi connectivity index (χ0n) is 9.66. The Labute approximate surface area is 95.4 Å². The predicted molar refractivity (Wildman–Crippen MR) is 60.5 cm³/mol. The van der Waals surface area contributed by atoms with Crippen molar-refractivity contribution in [2.24, 2.45) is 0 Å². The first kappa shape index (κ1) is 11.0. The van der Waals surface area contributed by atoms with Crippen LogP contribution in [0.5, 0.6) is 5.75 Å². The Bertz CT molecular complexity index is 398. The smallest absolute Gasteiger partial charge is 0.347 e. The van der Waals surface area contributed by atoms with Crippen molar-refractivity contribution in [3.05, 3.63) is 29.3 Å². The van der Waals surface area contributed by atoms with Crippen molar-refractivity contribution in [2.75, 3.05) is 6.61 Å². The van der Waals surface area contributed by atoms with Gasteiger partial charge in [0.15, 0.2) is 6.10 Å². The molecule has 1 heterocycles. The van der Waals surface area contributed by atoms with Crippen LogP contribution in [0.4, 0.5) is 0 Å². The number of carbonyl (C=O) groups excluding carboxylic acids is 1. The first-order chi connectivity index (χ1) is 7.70. The van der Waals surface area contributed by atoms with Crippen LogP contribution >= 0.6 is 0 Å². The lowest BCUT2D eigenvalue weighted by Gasteiger charge is -2.24. The molecular weight excluding hydrogens is 204 g/mol. The second kappa shape index (κ2) is 4.56. The minimum absolute atomic E-state index is 0.255. The van der Waals surface area contributed by atoms with E-state index in [0.717, 1.165) is 17.7 Å². The normalized spacial score (nSPS) is 18.5. The van der Waals surface area contributed by atoms with Crippen LogP contribution in [0.1, 0.15) is 24.5 Å². The van der Waals surface area contributed by atoms with Crippen molar-refractivity contribution in [3.8, 4) is 5.75 Å². The van der Waals surface area contributed by atoms with Crippen molar-refractivity contribution < 1.29 is 14.3 Å². The molecule has 0 saturated carbocycles. The van der Waals surface area contributed by atoms with Gasteiger partial charge in [0.25, 0.3) is 0 Å². The Morgan fingerprint density at radius 3 is 3.12 bits per heavy atom. The highest BCUT2D eigenvalue weighted by Crippen LogP contribution is 2.28. The van der Waals surface area contributed by atoms with E-state index in [1.165, 1.54) is 5.56 Å². The lowest BCUT2D eigenvalue weighted by molar-refractivity contribution is -0.152. The van der Waals surface area contributed by atoms with Crippen LogP contribution in [0.2, 0.25) is 0 Å². The van der Waals surface area contributed by atoms with Gasteiger partial charge in [-0.1, -0.05) is 12.1 Å². The largest absolute Gasteiger partial charge is 0.478 e. The zero-order chi connectivity index (χ0) is 11.5.